The molecule has 0 heterocycles. The highest BCUT2D eigenvalue weighted by Crippen LogP contribution is 2.16. The highest BCUT2D eigenvalue weighted by molar-refractivity contribution is 6.04. The Morgan fingerprint density at radius 3 is 2.08 bits per heavy atom. The van der Waals surface area contributed by atoms with Gasteiger partial charge in [-0.25, -0.2) is 9.59 Å². The Bertz CT molecular complexity index is 800. The van der Waals surface area contributed by atoms with E-state index in [1.807, 2.05) is 19.1 Å². The van der Waals surface area contributed by atoms with Crippen LogP contribution in [-0.4, -0.2) is 31.1 Å². The molecule has 0 aliphatic heterocycles. The lowest BCUT2D eigenvalue weighted by Gasteiger charge is -2.15. The fourth-order valence-electron chi connectivity index (χ4n) is 2.17. The molecule has 25 heavy (non-hydrogen) atoms. The molecule has 0 radical (unpaired) electrons. The zero-order valence-electron chi connectivity index (χ0n) is 14.2. The van der Waals surface area contributed by atoms with Gasteiger partial charge in [0.15, 0.2) is 6.10 Å². The van der Waals surface area contributed by atoms with Gasteiger partial charge in [-0.15, -0.1) is 0 Å². The van der Waals surface area contributed by atoms with Crippen LogP contribution in [0.1, 0.15) is 33.2 Å². The van der Waals surface area contributed by atoms with E-state index in [1.54, 1.807) is 24.3 Å². The van der Waals surface area contributed by atoms with Crippen LogP contribution in [0.2, 0.25) is 0 Å². The summed E-state index contributed by atoms with van der Waals surface area (Å²) in [7, 11) is 1.22. The van der Waals surface area contributed by atoms with Crippen LogP contribution in [0.3, 0.4) is 0 Å². The maximum atomic E-state index is 12.3. The smallest absolute Gasteiger partial charge is 0.339 e. The van der Waals surface area contributed by atoms with Crippen molar-refractivity contribution in [2.75, 3.05) is 12.4 Å². The zero-order valence-corrected chi connectivity index (χ0v) is 14.2. The van der Waals surface area contributed by atoms with Gasteiger partial charge in [-0.1, -0.05) is 30.3 Å². The molecular weight excluding hydrogens is 322 g/mol. The lowest BCUT2D eigenvalue weighted by molar-refractivity contribution is -0.123. The van der Waals surface area contributed by atoms with Crippen molar-refractivity contribution >= 4 is 23.5 Å². The lowest BCUT2D eigenvalue weighted by Crippen LogP contribution is -2.30. The number of amides is 1. The van der Waals surface area contributed by atoms with Crippen molar-refractivity contribution in [1.82, 2.24) is 0 Å². The van der Waals surface area contributed by atoms with Gasteiger partial charge in [0.05, 0.1) is 18.2 Å². The maximum absolute atomic E-state index is 12.3. The van der Waals surface area contributed by atoms with E-state index in [2.05, 4.69) is 10.1 Å². The SMILES string of the molecule is COC(=O)c1ccccc1C(=O)OC(C)C(=O)Nc1ccccc1C. The number of para-hydroxylation sites is 1. The Balaban J connectivity index is 2.09. The van der Waals surface area contributed by atoms with Crippen LogP contribution in [0.15, 0.2) is 48.5 Å². The minimum absolute atomic E-state index is 0.0462. The van der Waals surface area contributed by atoms with E-state index in [1.165, 1.54) is 26.2 Å². The van der Waals surface area contributed by atoms with E-state index in [-0.39, 0.29) is 11.1 Å². The average Bonchev–Trinajstić information content (AvgIpc) is 2.62. The number of aryl methyl sites for hydroxylation is 1. The fourth-order valence-corrected chi connectivity index (χ4v) is 2.17. The molecule has 0 aliphatic carbocycles. The van der Waals surface area contributed by atoms with Gasteiger partial charge < -0.3 is 14.8 Å². The van der Waals surface area contributed by atoms with Gasteiger partial charge in [0.2, 0.25) is 0 Å². The first-order valence-electron chi connectivity index (χ1n) is 7.69. The molecule has 130 valence electrons. The van der Waals surface area contributed by atoms with E-state index in [0.717, 1.165) is 5.56 Å². The summed E-state index contributed by atoms with van der Waals surface area (Å²) in [4.78, 5) is 36.3. The molecular formula is C19H19NO5. The Hall–Kier alpha value is -3.15. The molecule has 0 aromatic heterocycles. The summed E-state index contributed by atoms with van der Waals surface area (Å²) < 4.78 is 9.83. The number of methoxy groups -OCH3 is 1. The molecule has 0 bridgehead atoms. The Labute approximate surface area is 145 Å². The number of hydrogen-bond acceptors (Lipinski definition) is 5. The molecule has 2 aromatic rings. The van der Waals surface area contributed by atoms with E-state index in [9.17, 15) is 14.4 Å². The third kappa shape index (κ3) is 4.44. The molecule has 0 saturated carbocycles. The third-order valence-corrected chi connectivity index (χ3v) is 3.61. The number of carbonyl (C=O) groups excluding carboxylic acids is 3. The standard InChI is InChI=1S/C19H19NO5/c1-12-8-4-7-11-16(12)20-17(21)13(2)25-19(23)15-10-6-5-9-14(15)18(22)24-3/h4-11,13H,1-3H3,(H,20,21). The molecule has 6 nitrogen and oxygen atoms in total. The third-order valence-electron chi connectivity index (χ3n) is 3.61. The quantitative estimate of drug-likeness (QED) is 0.846. The fraction of sp³-hybridized carbons (Fsp3) is 0.211. The van der Waals surface area contributed by atoms with Crippen molar-refractivity contribution in [2.45, 2.75) is 20.0 Å². The number of carbonyl (C=O) groups is 3. The van der Waals surface area contributed by atoms with Gasteiger partial charge in [0, 0.05) is 5.69 Å². The van der Waals surface area contributed by atoms with Crippen LogP contribution >= 0.6 is 0 Å². The Kier molecular flexibility index (Phi) is 5.89. The maximum Gasteiger partial charge on any atom is 0.339 e. The average molecular weight is 341 g/mol. The first kappa shape index (κ1) is 18.2. The van der Waals surface area contributed by atoms with Crippen molar-refractivity contribution in [2.24, 2.45) is 0 Å². The van der Waals surface area contributed by atoms with Gasteiger partial charge in [0.25, 0.3) is 5.91 Å². The predicted molar refractivity (Wildman–Crippen MR) is 92.5 cm³/mol. The molecule has 0 spiro atoms. The van der Waals surface area contributed by atoms with Crippen molar-refractivity contribution in [3.05, 3.63) is 65.2 Å². The number of rotatable bonds is 5. The van der Waals surface area contributed by atoms with Crippen LogP contribution < -0.4 is 5.32 Å². The molecule has 1 amide bonds. The second-order valence-corrected chi connectivity index (χ2v) is 5.39. The Morgan fingerprint density at radius 2 is 1.48 bits per heavy atom. The summed E-state index contributed by atoms with van der Waals surface area (Å²) in [5.41, 5.74) is 1.67. The van der Waals surface area contributed by atoms with Crippen molar-refractivity contribution in [3.8, 4) is 0 Å². The number of benzene rings is 2. The second kappa shape index (κ2) is 8.10. The molecule has 0 saturated heterocycles. The molecule has 0 aliphatic rings. The number of ether oxygens (including phenoxy) is 2. The molecule has 6 heteroatoms. The normalized spacial score (nSPS) is 11.3. The summed E-state index contributed by atoms with van der Waals surface area (Å²) in [5.74, 6) is -1.88. The molecule has 0 fully saturated rings. The van der Waals surface area contributed by atoms with Gasteiger partial charge in [-0.05, 0) is 37.6 Å². The molecule has 1 atom stereocenters. The molecule has 2 rings (SSSR count). The Morgan fingerprint density at radius 1 is 0.920 bits per heavy atom. The summed E-state index contributed by atoms with van der Waals surface area (Å²) in [5, 5.41) is 2.71. The predicted octanol–water partition coefficient (Wildman–Crippen LogP) is 2.97. The largest absolute Gasteiger partial charge is 0.465 e. The van der Waals surface area contributed by atoms with Crippen LogP contribution in [0, 0.1) is 6.92 Å². The van der Waals surface area contributed by atoms with Gasteiger partial charge in [0.1, 0.15) is 0 Å². The molecule has 1 unspecified atom stereocenters. The van der Waals surface area contributed by atoms with Gasteiger partial charge in [-0.2, -0.15) is 0 Å². The van der Waals surface area contributed by atoms with Crippen LogP contribution in [0.4, 0.5) is 5.69 Å². The van der Waals surface area contributed by atoms with E-state index in [0.29, 0.717) is 5.69 Å². The molecule has 2 aromatic carbocycles. The second-order valence-electron chi connectivity index (χ2n) is 5.39. The molecule has 1 N–H and O–H groups in total. The monoisotopic (exact) mass is 341 g/mol. The van der Waals surface area contributed by atoms with E-state index >= 15 is 0 Å². The van der Waals surface area contributed by atoms with Crippen LogP contribution in [-0.2, 0) is 14.3 Å². The van der Waals surface area contributed by atoms with Crippen LogP contribution in [0.5, 0.6) is 0 Å². The van der Waals surface area contributed by atoms with Gasteiger partial charge in [-0.3, -0.25) is 4.79 Å². The van der Waals surface area contributed by atoms with Crippen molar-refractivity contribution in [3.63, 3.8) is 0 Å². The summed E-state index contributed by atoms with van der Waals surface area (Å²) in [6.45, 7) is 3.32. The highest BCUT2D eigenvalue weighted by atomic mass is 16.5. The number of hydrogen-bond donors (Lipinski definition) is 1. The van der Waals surface area contributed by atoms with Crippen molar-refractivity contribution < 1.29 is 23.9 Å². The first-order chi connectivity index (χ1) is 11.9. The van der Waals surface area contributed by atoms with E-state index in [4.69, 9.17) is 4.74 Å². The summed E-state index contributed by atoms with van der Waals surface area (Å²) >= 11 is 0. The summed E-state index contributed by atoms with van der Waals surface area (Å²) in [6, 6.07) is 13.4. The van der Waals surface area contributed by atoms with E-state index < -0.39 is 23.9 Å². The lowest BCUT2D eigenvalue weighted by atomic mass is 10.1. The highest BCUT2D eigenvalue weighted by Gasteiger charge is 2.23. The minimum Gasteiger partial charge on any atom is -0.465 e. The van der Waals surface area contributed by atoms with Crippen molar-refractivity contribution in [1.29, 1.82) is 0 Å². The zero-order chi connectivity index (χ0) is 18.4. The number of anilines is 1. The minimum atomic E-state index is -1.03. The number of nitrogens with one attached hydrogen (secondary N) is 1. The number of esters is 2. The van der Waals surface area contributed by atoms with Gasteiger partial charge >= 0.3 is 11.9 Å². The van der Waals surface area contributed by atoms with Crippen LogP contribution in [0.25, 0.3) is 0 Å². The first-order valence-corrected chi connectivity index (χ1v) is 7.69. The topological polar surface area (TPSA) is 81.7 Å². The summed E-state index contributed by atoms with van der Waals surface area (Å²) in [6.07, 6.45) is -1.03.